The number of amides is 1. The van der Waals surface area contributed by atoms with E-state index in [0.29, 0.717) is 35.3 Å². The average Bonchev–Trinajstić information content (AvgIpc) is 3.17. The number of carboxylic acids is 1. The Morgan fingerprint density at radius 3 is 1.60 bits per heavy atom. The van der Waals surface area contributed by atoms with Crippen molar-refractivity contribution in [2.75, 3.05) is 10.8 Å². The summed E-state index contributed by atoms with van der Waals surface area (Å²) in [5.74, 6) is 0.987. The van der Waals surface area contributed by atoms with Gasteiger partial charge in [0.15, 0.2) is 0 Å². The number of aromatic carboxylic acids is 1. The van der Waals surface area contributed by atoms with Gasteiger partial charge in [-0.25, -0.2) is 9.68 Å². The maximum absolute atomic E-state index is 12.8. The van der Waals surface area contributed by atoms with Gasteiger partial charge in [0.2, 0.25) is 0 Å². The predicted octanol–water partition coefficient (Wildman–Crippen LogP) is 10.7. The van der Waals surface area contributed by atoms with Gasteiger partial charge in [0.25, 0.3) is 5.91 Å². The molecule has 0 saturated heterocycles. The van der Waals surface area contributed by atoms with Crippen LogP contribution in [-0.2, 0) is 28.4 Å². The van der Waals surface area contributed by atoms with Crippen LogP contribution in [0.3, 0.4) is 0 Å². The van der Waals surface area contributed by atoms with Crippen molar-refractivity contribution in [2.45, 2.75) is 46.3 Å². The van der Waals surface area contributed by atoms with Crippen molar-refractivity contribution in [1.82, 2.24) is 0 Å². The van der Waals surface area contributed by atoms with E-state index in [0.717, 1.165) is 39.1 Å². The number of rotatable bonds is 15. The van der Waals surface area contributed by atoms with Gasteiger partial charge in [-0.1, -0.05) is 73.5 Å². The molecule has 0 atom stereocenters. The molecule has 0 radical (unpaired) electrons. The van der Waals surface area contributed by atoms with Crippen molar-refractivity contribution < 1.29 is 39.2 Å². The smallest absolute Gasteiger partial charge is 0.336 e. The van der Waals surface area contributed by atoms with E-state index in [2.05, 4.69) is 41.7 Å². The minimum absolute atomic E-state index is 0.0542. The van der Waals surface area contributed by atoms with Crippen LogP contribution in [0, 0.1) is 13.8 Å². The molecule has 0 unspecified atom stereocenters. The second-order valence-electron chi connectivity index (χ2n) is 13.7. The molecule has 0 saturated carbocycles. The monoisotopic (exact) mass is 738 g/mol. The molecule has 0 spiro atoms. The fourth-order valence-corrected chi connectivity index (χ4v) is 6.04. The molecule has 0 aliphatic rings. The van der Waals surface area contributed by atoms with Crippen LogP contribution in [0.2, 0.25) is 0 Å². The number of hydrogen-bond donors (Lipinski definition) is 4. The molecule has 0 aliphatic heterocycles. The zero-order valence-corrected chi connectivity index (χ0v) is 31.0. The van der Waals surface area contributed by atoms with Gasteiger partial charge < -0.3 is 19.9 Å². The quantitative estimate of drug-likeness (QED) is 0.0599. The van der Waals surface area contributed by atoms with Crippen molar-refractivity contribution in [3.63, 3.8) is 0 Å². The van der Waals surface area contributed by atoms with Crippen LogP contribution in [0.15, 0.2) is 133 Å². The number of ether oxygens (including phenoxy) is 2. The molecule has 55 heavy (non-hydrogen) atoms. The van der Waals surface area contributed by atoms with Crippen LogP contribution < -0.4 is 20.3 Å². The first kappa shape index (κ1) is 38.3. The van der Waals surface area contributed by atoms with Gasteiger partial charge in [-0.3, -0.25) is 20.4 Å². The van der Waals surface area contributed by atoms with Gasteiger partial charge in [-0.15, -0.1) is 0 Å². The maximum Gasteiger partial charge on any atom is 0.336 e. The van der Waals surface area contributed by atoms with E-state index in [1.807, 2.05) is 85.8 Å². The van der Waals surface area contributed by atoms with E-state index in [1.165, 1.54) is 6.07 Å². The molecule has 0 heterocycles. The minimum atomic E-state index is -1.16. The van der Waals surface area contributed by atoms with Crippen LogP contribution in [0.4, 0.5) is 11.4 Å². The van der Waals surface area contributed by atoms with Crippen LogP contribution in [0.25, 0.3) is 0 Å². The normalized spacial score (nSPS) is 11.1. The van der Waals surface area contributed by atoms with Crippen LogP contribution in [0.5, 0.6) is 23.0 Å². The van der Waals surface area contributed by atoms with Crippen LogP contribution in [-0.4, -0.2) is 22.2 Å². The Kier molecular flexibility index (Phi) is 11.9. The minimum Gasteiger partial charge on any atom is -0.478 e. The first-order valence-electron chi connectivity index (χ1n) is 17.6. The van der Waals surface area contributed by atoms with Crippen LogP contribution >= 0.6 is 0 Å². The number of hydrogen-bond acceptors (Lipinski definition) is 8. The topological polar surface area (TPSA) is 136 Å². The Morgan fingerprint density at radius 1 is 0.582 bits per heavy atom. The highest BCUT2D eigenvalue weighted by Crippen LogP contribution is 2.35. The number of aryl methyl sites for hydroxylation is 2. The summed E-state index contributed by atoms with van der Waals surface area (Å²) in [6, 6.07) is 40.8. The first-order valence-corrected chi connectivity index (χ1v) is 17.6. The van der Waals surface area contributed by atoms with E-state index in [-0.39, 0.29) is 23.1 Å². The number of benzene rings is 6. The second kappa shape index (κ2) is 17.1. The fraction of sp³-hybridized carbons (Fsp3) is 0.156. The van der Waals surface area contributed by atoms with Gasteiger partial charge in [0, 0.05) is 11.1 Å². The predicted molar refractivity (Wildman–Crippen MR) is 211 cm³/mol. The summed E-state index contributed by atoms with van der Waals surface area (Å²) in [6.07, 6.45) is 0. The van der Waals surface area contributed by atoms with Crippen molar-refractivity contribution in [3.05, 3.63) is 178 Å². The summed E-state index contributed by atoms with van der Waals surface area (Å²) >= 11 is 0. The molecule has 4 N–H and O–H groups in total. The van der Waals surface area contributed by atoms with E-state index in [9.17, 15) is 14.7 Å². The summed E-state index contributed by atoms with van der Waals surface area (Å²) in [6.45, 7) is 8.51. The molecule has 0 aromatic heterocycles. The third kappa shape index (κ3) is 9.75. The summed E-state index contributed by atoms with van der Waals surface area (Å²) in [7, 11) is 0. The average molecular weight is 739 g/mol. The van der Waals surface area contributed by atoms with Crippen LogP contribution in [0.1, 0.15) is 67.9 Å². The Bertz CT molecular complexity index is 2250. The summed E-state index contributed by atoms with van der Waals surface area (Å²) in [5.41, 5.74) is 9.85. The third-order valence-corrected chi connectivity index (χ3v) is 9.24. The molecule has 0 fully saturated rings. The highest BCUT2D eigenvalue weighted by Gasteiger charge is 2.23. The molecule has 1 amide bonds. The summed E-state index contributed by atoms with van der Waals surface area (Å²) in [4.78, 5) is 34.4. The molecular weight excluding hydrogens is 697 g/mol. The van der Waals surface area contributed by atoms with E-state index < -0.39 is 11.9 Å². The Balaban J connectivity index is 1.00. The number of carbonyl (C=O) groups is 2. The molecule has 10 nitrogen and oxygen atoms in total. The Morgan fingerprint density at radius 2 is 1.07 bits per heavy atom. The summed E-state index contributed by atoms with van der Waals surface area (Å²) in [5, 5.41) is 21.1. The SMILES string of the molecule is Cc1ccc(COO)c(CONc2ccc(Oc3ccc(C(C)(C)c4ccc(Oc5ccc(NC(=O)c6cc(C)ccc6C(=O)O)cc5)cc4)cc3)cc2)c1. The molecule has 6 rings (SSSR count). The summed E-state index contributed by atoms with van der Waals surface area (Å²) < 4.78 is 12.2. The van der Waals surface area contributed by atoms with E-state index >= 15 is 0 Å². The van der Waals surface area contributed by atoms with E-state index in [1.54, 1.807) is 43.3 Å². The number of carboxylic acid groups (broad SMARTS) is 1. The van der Waals surface area contributed by atoms with E-state index in [4.69, 9.17) is 19.6 Å². The van der Waals surface area contributed by atoms with Gasteiger partial charge in [-0.2, -0.15) is 0 Å². The fourth-order valence-electron chi connectivity index (χ4n) is 6.04. The molecule has 0 bridgehead atoms. The number of anilines is 2. The van der Waals surface area contributed by atoms with Gasteiger partial charge in [0.1, 0.15) is 36.2 Å². The highest BCUT2D eigenvalue weighted by molar-refractivity contribution is 6.10. The standard InChI is InChI=1S/C45H42N2O8/c1-29-5-7-31(28-53-51)32(25-29)27-52-47-36-14-22-40(23-15-36)55-38-18-10-34(11-19-38)45(3,4)33-8-16-37(17-9-33)54-39-20-12-35(13-21-39)46-43(48)42-26-30(2)6-24-41(42)44(49)50/h5-26,47,51H,27-28H2,1-4H3,(H,46,48)(H,49,50). The third-order valence-electron chi connectivity index (χ3n) is 9.24. The molecule has 6 aromatic carbocycles. The van der Waals surface area contributed by atoms with Gasteiger partial charge in [-0.05, 0) is 121 Å². The molecule has 0 aliphatic carbocycles. The van der Waals surface area contributed by atoms with Crippen molar-refractivity contribution >= 4 is 23.3 Å². The number of nitrogens with one attached hydrogen (secondary N) is 2. The van der Waals surface area contributed by atoms with Crippen molar-refractivity contribution in [1.29, 1.82) is 0 Å². The Hall–Kier alpha value is -6.46. The second-order valence-corrected chi connectivity index (χ2v) is 13.7. The molecule has 10 heteroatoms. The van der Waals surface area contributed by atoms with Crippen molar-refractivity contribution in [2.24, 2.45) is 0 Å². The molecule has 6 aromatic rings. The lowest BCUT2D eigenvalue weighted by molar-refractivity contribution is -0.253. The highest BCUT2D eigenvalue weighted by atomic mass is 17.1. The molecule has 280 valence electrons. The molecular formula is C45H42N2O8. The van der Waals surface area contributed by atoms with Gasteiger partial charge >= 0.3 is 5.97 Å². The lowest BCUT2D eigenvalue weighted by Crippen LogP contribution is -2.18. The van der Waals surface area contributed by atoms with Crippen molar-refractivity contribution in [3.8, 4) is 23.0 Å². The number of carbonyl (C=O) groups excluding carboxylic acids is 1. The first-order chi connectivity index (χ1) is 26.5. The lowest BCUT2D eigenvalue weighted by atomic mass is 9.78. The zero-order chi connectivity index (χ0) is 39.0. The lowest BCUT2D eigenvalue weighted by Gasteiger charge is -2.26. The Labute approximate surface area is 319 Å². The largest absolute Gasteiger partial charge is 0.478 e. The maximum atomic E-state index is 12.8. The zero-order valence-electron chi connectivity index (χ0n) is 31.0. The van der Waals surface area contributed by atoms with Gasteiger partial charge in [0.05, 0.1) is 16.8 Å².